The lowest BCUT2D eigenvalue weighted by molar-refractivity contribution is -0.140. The van der Waals surface area contributed by atoms with Crippen LogP contribution in [0.3, 0.4) is 0 Å². The Morgan fingerprint density at radius 3 is 2.08 bits per heavy atom. The fraction of sp³-hybridized carbons (Fsp3) is 0.297. The average molecular weight is 762 g/mol. The van der Waals surface area contributed by atoms with Crippen molar-refractivity contribution in [1.82, 2.24) is 10.2 Å². The molecule has 0 aromatic heterocycles. The second-order valence-electron chi connectivity index (χ2n) is 12.2. The van der Waals surface area contributed by atoms with Crippen molar-refractivity contribution in [3.63, 3.8) is 0 Å². The molecule has 0 heterocycles. The maximum Gasteiger partial charge on any atom is 0.264 e. The van der Waals surface area contributed by atoms with E-state index in [1.807, 2.05) is 37.3 Å². The Bertz CT molecular complexity index is 1870. The van der Waals surface area contributed by atoms with Crippen LogP contribution in [0, 0.1) is 6.92 Å². The van der Waals surface area contributed by atoms with Gasteiger partial charge in [-0.1, -0.05) is 120 Å². The molecule has 4 aromatic carbocycles. The number of nitrogens with zero attached hydrogens (tertiary/aromatic N) is 2. The Labute approximate surface area is 308 Å². The number of rotatable bonds is 12. The van der Waals surface area contributed by atoms with Crippen molar-refractivity contribution in [1.29, 1.82) is 0 Å². The summed E-state index contributed by atoms with van der Waals surface area (Å²) in [5.74, 6) is -0.979. The Morgan fingerprint density at radius 2 is 1.45 bits per heavy atom. The summed E-state index contributed by atoms with van der Waals surface area (Å²) < 4.78 is 29.5. The number of amides is 2. The minimum absolute atomic E-state index is 0.0199. The Morgan fingerprint density at radius 1 is 0.796 bits per heavy atom. The molecule has 1 aliphatic rings. The van der Waals surface area contributed by atoms with Gasteiger partial charge in [-0.25, -0.2) is 8.42 Å². The van der Waals surface area contributed by atoms with E-state index in [4.69, 9.17) is 46.4 Å². The van der Waals surface area contributed by atoms with Crippen molar-refractivity contribution in [3.05, 3.63) is 128 Å². The molecule has 0 radical (unpaired) electrons. The lowest BCUT2D eigenvalue weighted by atomic mass is 9.94. The lowest BCUT2D eigenvalue weighted by Crippen LogP contribution is -2.55. The van der Waals surface area contributed by atoms with Crippen molar-refractivity contribution in [2.45, 2.75) is 69.0 Å². The van der Waals surface area contributed by atoms with E-state index >= 15 is 0 Å². The van der Waals surface area contributed by atoms with Gasteiger partial charge in [0.1, 0.15) is 12.6 Å². The predicted octanol–water partition coefficient (Wildman–Crippen LogP) is 8.89. The number of carbonyl (C=O) groups is 2. The molecule has 0 spiro atoms. The van der Waals surface area contributed by atoms with Gasteiger partial charge in [-0.05, 0) is 67.8 Å². The molecule has 0 unspecified atom stereocenters. The van der Waals surface area contributed by atoms with Crippen LogP contribution in [0.1, 0.15) is 48.8 Å². The normalized spacial score (nSPS) is 14.2. The van der Waals surface area contributed by atoms with Crippen LogP contribution in [-0.4, -0.2) is 43.8 Å². The maximum atomic E-state index is 14.8. The van der Waals surface area contributed by atoms with Crippen LogP contribution < -0.4 is 9.62 Å². The van der Waals surface area contributed by atoms with Crippen LogP contribution in [0.4, 0.5) is 5.69 Å². The minimum Gasteiger partial charge on any atom is -0.352 e. The molecule has 1 aliphatic carbocycles. The SMILES string of the molecule is Cc1ccc(S(=O)(=O)N(CC(=O)N(Cc2c(Cl)cccc2Cl)[C@@H](Cc2ccccc2)C(=O)NC2CCCCC2)c2ccc(Cl)c(Cl)c2)cc1. The van der Waals surface area contributed by atoms with E-state index in [0.29, 0.717) is 15.6 Å². The van der Waals surface area contributed by atoms with E-state index in [2.05, 4.69) is 5.32 Å². The van der Waals surface area contributed by atoms with Crippen LogP contribution >= 0.6 is 46.4 Å². The number of benzene rings is 4. The molecule has 49 heavy (non-hydrogen) atoms. The van der Waals surface area contributed by atoms with E-state index in [9.17, 15) is 18.0 Å². The first-order valence-corrected chi connectivity index (χ1v) is 19.0. The standard InChI is InChI=1S/C37H37Cl4N3O4S/c1-25-15-18-29(19-16-25)49(47,48)44(28-17-20-33(40)34(41)22-28)24-36(45)43(23-30-31(38)13-8-14-32(30)39)35(21-26-9-4-2-5-10-26)37(46)42-27-11-6-3-7-12-27/h2,4-5,8-10,13-20,22,27,35H,3,6-7,11-12,21,23-24H2,1H3,(H,42,46)/t35-/m0/s1. The van der Waals surface area contributed by atoms with Gasteiger partial charge in [0.2, 0.25) is 11.8 Å². The quantitative estimate of drug-likeness (QED) is 0.156. The Balaban J connectivity index is 1.60. The van der Waals surface area contributed by atoms with Gasteiger partial charge >= 0.3 is 0 Å². The van der Waals surface area contributed by atoms with Gasteiger partial charge in [-0.2, -0.15) is 0 Å². The predicted molar refractivity (Wildman–Crippen MR) is 198 cm³/mol. The summed E-state index contributed by atoms with van der Waals surface area (Å²) in [6.45, 7) is 1.05. The molecule has 1 atom stereocenters. The topological polar surface area (TPSA) is 86.8 Å². The third-order valence-corrected chi connectivity index (χ3v) is 11.9. The molecule has 4 aromatic rings. The number of nitrogens with one attached hydrogen (secondary N) is 1. The molecule has 1 fully saturated rings. The van der Waals surface area contributed by atoms with Crippen LogP contribution in [0.2, 0.25) is 20.1 Å². The van der Waals surface area contributed by atoms with Crippen molar-refractivity contribution in [3.8, 4) is 0 Å². The first-order valence-electron chi connectivity index (χ1n) is 16.0. The van der Waals surface area contributed by atoms with Gasteiger partial charge in [0.05, 0.1) is 20.6 Å². The highest BCUT2D eigenvalue weighted by Crippen LogP contribution is 2.32. The van der Waals surface area contributed by atoms with Gasteiger partial charge in [-0.3, -0.25) is 13.9 Å². The van der Waals surface area contributed by atoms with Crippen molar-refractivity contribution in [2.24, 2.45) is 0 Å². The zero-order chi connectivity index (χ0) is 35.1. The number of anilines is 1. The molecule has 5 rings (SSSR count). The fourth-order valence-electron chi connectivity index (χ4n) is 5.96. The van der Waals surface area contributed by atoms with Gasteiger partial charge in [0.15, 0.2) is 0 Å². The van der Waals surface area contributed by atoms with Gasteiger partial charge in [0.25, 0.3) is 10.0 Å². The molecule has 258 valence electrons. The van der Waals surface area contributed by atoms with Crippen LogP contribution in [0.5, 0.6) is 0 Å². The first-order chi connectivity index (χ1) is 23.4. The number of hydrogen-bond acceptors (Lipinski definition) is 4. The molecule has 1 saturated carbocycles. The molecule has 12 heteroatoms. The summed E-state index contributed by atoms with van der Waals surface area (Å²) in [7, 11) is -4.31. The minimum atomic E-state index is -4.31. The maximum absolute atomic E-state index is 14.8. The van der Waals surface area contributed by atoms with Crippen molar-refractivity contribution in [2.75, 3.05) is 10.8 Å². The van der Waals surface area contributed by atoms with Gasteiger partial charge in [0, 0.05) is 34.6 Å². The number of halogens is 4. The number of aryl methyl sites for hydroxylation is 1. The molecule has 7 nitrogen and oxygen atoms in total. The van der Waals surface area contributed by atoms with Gasteiger partial charge < -0.3 is 10.2 Å². The summed E-state index contributed by atoms with van der Waals surface area (Å²) >= 11 is 25.8. The second kappa shape index (κ2) is 16.6. The monoisotopic (exact) mass is 759 g/mol. The van der Waals surface area contributed by atoms with Crippen molar-refractivity contribution >= 4 is 73.9 Å². The molecule has 0 aliphatic heterocycles. The average Bonchev–Trinajstić information content (AvgIpc) is 3.08. The van der Waals surface area contributed by atoms with Crippen LogP contribution in [-0.2, 0) is 32.6 Å². The van der Waals surface area contributed by atoms with Crippen LogP contribution in [0.15, 0.2) is 95.9 Å². The van der Waals surface area contributed by atoms with Crippen LogP contribution in [0.25, 0.3) is 0 Å². The highest BCUT2D eigenvalue weighted by Gasteiger charge is 2.36. The van der Waals surface area contributed by atoms with E-state index in [1.54, 1.807) is 30.3 Å². The highest BCUT2D eigenvalue weighted by molar-refractivity contribution is 7.92. The summed E-state index contributed by atoms with van der Waals surface area (Å²) in [6, 6.07) is 24.0. The number of sulfonamides is 1. The third-order valence-electron chi connectivity index (χ3n) is 8.69. The summed E-state index contributed by atoms with van der Waals surface area (Å²) in [4.78, 5) is 30.4. The Hall–Kier alpha value is -3.27. The third kappa shape index (κ3) is 9.30. The van der Waals surface area contributed by atoms with E-state index < -0.39 is 28.5 Å². The summed E-state index contributed by atoms with van der Waals surface area (Å²) in [6.07, 6.45) is 4.96. The molecular formula is C37H37Cl4N3O4S. The molecular weight excluding hydrogens is 724 g/mol. The van der Waals surface area contributed by atoms with Gasteiger partial charge in [-0.15, -0.1) is 0 Å². The molecule has 2 amide bonds. The first kappa shape index (κ1) is 37.0. The largest absolute Gasteiger partial charge is 0.352 e. The summed E-state index contributed by atoms with van der Waals surface area (Å²) in [5, 5.41) is 4.15. The fourth-order valence-corrected chi connectivity index (χ4v) is 8.17. The zero-order valence-corrected chi connectivity index (χ0v) is 30.8. The second-order valence-corrected chi connectivity index (χ2v) is 15.7. The smallest absolute Gasteiger partial charge is 0.264 e. The molecule has 1 N–H and O–H groups in total. The van der Waals surface area contributed by atoms with Crippen molar-refractivity contribution < 1.29 is 18.0 Å². The number of hydrogen-bond donors (Lipinski definition) is 1. The lowest BCUT2D eigenvalue weighted by Gasteiger charge is -2.35. The van der Waals surface area contributed by atoms with E-state index in [0.717, 1.165) is 47.5 Å². The molecule has 0 saturated heterocycles. The zero-order valence-electron chi connectivity index (χ0n) is 26.9. The Kier molecular flexibility index (Phi) is 12.6. The number of carbonyl (C=O) groups excluding carboxylic acids is 2. The van der Waals surface area contributed by atoms with E-state index in [-0.39, 0.29) is 45.5 Å². The highest BCUT2D eigenvalue weighted by atomic mass is 35.5. The summed E-state index contributed by atoms with van der Waals surface area (Å²) in [5.41, 5.74) is 2.25. The van der Waals surface area contributed by atoms with E-state index in [1.165, 1.54) is 35.2 Å². The molecule has 0 bridgehead atoms.